The molecule has 0 aliphatic rings. The maximum atomic E-state index is 8.87. The van der Waals surface area contributed by atoms with Gasteiger partial charge in [-0.1, -0.05) is 29.3 Å². The molecule has 0 aliphatic heterocycles. The molecule has 0 aliphatic carbocycles. The molecule has 0 radical (unpaired) electrons. The van der Waals surface area contributed by atoms with Gasteiger partial charge in [0.25, 0.3) is 0 Å². The summed E-state index contributed by atoms with van der Waals surface area (Å²) in [5.74, 6) is 0. The Hall–Kier alpha value is -1.79. The predicted molar refractivity (Wildman–Crippen MR) is 68.4 cm³/mol. The Morgan fingerprint density at radius 2 is 1.75 bits per heavy atom. The maximum absolute atomic E-state index is 8.87. The molecular weight excluding hydrogens is 216 g/mol. The molecule has 1 aromatic carbocycles. The molecule has 80 valence electrons. The maximum Gasteiger partial charge on any atom is 0.128 e. The zero-order valence-corrected chi connectivity index (χ0v) is 10.1. The Balaban J connectivity index is 2.55. The Morgan fingerprint density at radius 1 is 1.12 bits per heavy atom. The number of anilines is 1. The minimum absolute atomic E-state index is 0.571. The number of nitrogen functional groups attached to an aromatic ring is 1. The van der Waals surface area contributed by atoms with Gasteiger partial charge in [-0.25, -0.2) is 0 Å². The predicted octanol–water partition coefficient (Wildman–Crippen LogP) is 3.49. The van der Waals surface area contributed by atoms with E-state index >= 15 is 0 Å². The fourth-order valence-corrected chi connectivity index (χ4v) is 2.62. The van der Waals surface area contributed by atoms with Crippen LogP contribution < -0.4 is 5.73 Å². The summed E-state index contributed by atoms with van der Waals surface area (Å²) in [5.41, 5.74) is 9.90. The van der Waals surface area contributed by atoms with Gasteiger partial charge < -0.3 is 5.73 Å². The van der Waals surface area contributed by atoms with Crippen LogP contribution in [0.2, 0.25) is 0 Å². The van der Waals surface area contributed by atoms with Gasteiger partial charge >= 0.3 is 0 Å². The van der Waals surface area contributed by atoms with Crippen LogP contribution in [0.15, 0.2) is 24.3 Å². The third kappa shape index (κ3) is 1.93. The average molecular weight is 228 g/mol. The molecule has 2 aromatic rings. The molecule has 0 fully saturated rings. The standard InChI is InChI=1S/C13H12N2S/c1-8-3-9(2)5-10(4-8)12-6-11(15)13(7-14)16-12/h3-6H,15H2,1-2H3. The third-order valence-electron chi connectivity index (χ3n) is 2.37. The van der Waals surface area contributed by atoms with Gasteiger partial charge in [0.2, 0.25) is 0 Å². The number of hydrogen-bond acceptors (Lipinski definition) is 3. The van der Waals surface area contributed by atoms with E-state index in [9.17, 15) is 0 Å². The lowest BCUT2D eigenvalue weighted by Crippen LogP contribution is -1.82. The lowest BCUT2D eigenvalue weighted by Gasteiger charge is -2.01. The molecule has 0 atom stereocenters. The summed E-state index contributed by atoms with van der Waals surface area (Å²) in [6, 6.07) is 10.3. The normalized spacial score (nSPS) is 10.1. The van der Waals surface area contributed by atoms with Crippen molar-refractivity contribution in [1.29, 1.82) is 5.26 Å². The van der Waals surface area contributed by atoms with Crippen LogP contribution in [0.4, 0.5) is 5.69 Å². The van der Waals surface area contributed by atoms with E-state index in [2.05, 4.69) is 38.1 Å². The van der Waals surface area contributed by atoms with Crippen molar-refractivity contribution in [2.24, 2.45) is 0 Å². The van der Waals surface area contributed by atoms with Gasteiger partial charge in [0.15, 0.2) is 0 Å². The fourth-order valence-electron chi connectivity index (χ4n) is 1.75. The van der Waals surface area contributed by atoms with Gasteiger partial charge in [0.1, 0.15) is 10.9 Å². The number of hydrogen-bond donors (Lipinski definition) is 1. The van der Waals surface area contributed by atoms with Crippen molar-refractivity contribution in [1.82, 2.24) is 0 Å². The molecule has 16 heavy (non-hydrogen) atoms. The minimum Gasteiger partial charge on any atom is -0.397 e. The molecule has 3 heteroatoms. The van der Waals surface area contributed by atoms with Crippen molar-refractivity contribution < 1.29 is 0 Å². The molecule has 1 heterocycles. The van der Waals surface area contributed by atoms with Gasteiger partial charge in [-0.2, -0.15) is 5.26 Å². The van der Waals surface area contributed by atoms with E-state index in [0.717, 1.165) is 10.4 Å². The number of nitriles is 1. The van der Waals surface area contributed by atoms with Crippen molar-refractivity contribution >= 4 is 17.0 Å². The van der Waals surface area contributed by atoms with E-state index in [1.807, 2.05) is 6.07 Å². The molecule has 0 saturated heterocycles. The van der Waals surface area contributed by atoms with Gasteiger partial charge in [-0.3, -0.25) is 0 Å². The van der Waals surface area contributed by atoms with Crippen molar-refractivity contribution in [3.63, 3.8) is 0 Å². The number of benzene rings is 1. The molecule has 2 rings (SSSR count). The van der Waals surface area contributed by atoms with Gasteiger partial charge in [0, 0.05) is 4.88 Å². The first-order chi connectivity index (χ1) is 7.60. The van der Waals surface area contributed by atoms with Crippen molar-refractivity contribution in [3.8, 4) is 16.5 Å². The van der Waals surface area contributed by atoms with Crippen molar-refractivity contribution in [2.75, 3.05) is 5.73 Å². The van der Waals surface area contributed by atoms with Crippen LogP contribution in [0.5, 0.6) is 0 Å². The first kappa shape index (κ1) is 10.7. The minimum atomic E-state index is 0.571. The van der Waals surface area contributed by atoms with Crippen molar-refractivity contribution in [2.45, 2.75) is 13.8 Å². The van der Waals surface area contributed by atoms with E-state index in [0.29, 0.717) is 10.6 Å². The lowest BCUT2D eigenvalue weighted by atomic mass is 10.1. The highest BCUT2D eigenvalue weighted by Crippen LogP contribution is 2.33. The number of aryl methyl sites for hydroxylation is 2. The Labute approximate surface area is 99.0 Å². The van der Waals surface area contributed by atoms with E-state index in [-0.39, 0.29) is 0 Å². The van der Waals surface area contributed by atoms with Crippen LogP contribution in [0, 0.1) is 25.2 Å². The summed E-state index contributed by atoms with van der Waals surface area (Å²) in [6.07, 6.45) is 0. The van der Waals surface area contributed by atoms with E-state index < -0.39 is 0 Å². The Bertz CT molecular complexity index is 556. The Morgan fingerprint density at radius 3 is 2.25 bits per heavy atom. The van der Waals surface area contributed by atoms with Gasteiger partial charge in [-0.05, 0) is 25.5 Å². The summed E-state index contributed by atoms with van der Waals surface area (Å²) in [7, 11) is 0. The topological polar surface area (TPSA) is 49.8 Å². The molecule has 0 bridgehead atoms. The monoisotopic (exact) mass is 228 g/mol. The number of nitrogens with zero attached hydrogens (tertiary/aromatic N) is 1. The van der Waals surface area contributed by atoms with Crippen LogP contribution in [-0.2, 0) is 0 Å². The van der Waals surface area contributed by atoms with Crippen LogP contribution in [0.25, 0.3) is 10.4 Å². The van der Waals surface area contributed by atoms with Crippen LogP contribution in [0.1, 0.15) is 16.0 Å². The zero-order chi connectivity index (χ0) is 11.7. The largest absolute Gasteiger partial charge is 0.397 e. The third-order valence-corrected chi connectivity index (χ3v) is 3.47. The molecule has 0 unspecified atom stereocenters. The van der Waals surface area contributed by atoms with Gasteiger partial charge in [-0.15, -0.1) is 11.3 Å². The first-order valence-electron chi connectivity index (χ1n) is 4.98. The van der Waals surface area contributed by atoms with Crippen LogP contribution >= 0.6 is 11.3 Å². The number of nitrogens with two attached hydrogens (primary N) is 1. The smallest absolute Gasteiger partial charge is 0.128 e. The molecule has 1 aromatic heterocycles. The molecular formula is C13H12N2S. The summed E-state index contributed by atoms with van der Waals surface area (Å²) < 4.78 is 0. The number of rotatable bonds is 1. The average Bonchev–Trinajstić information content (AvgIpc) is 2.58. The summed E-state index contributed by atoms with van der Waals surface area (Å²) in [4.78, 5) is 1.65. The van der Waals surface area contributed by atoms with Crippen molar-refractivity contribution in [3.05, 3.63) is 40.3 Å². The van der Waals surface area contributed by atoms with E-state index in [4.69, 9.17) is 11.0 Å². The number of thiophene rings is 1. The summed E-state index contributed by atoms with van der Waals surface area (Å²) in [6.45, 7) is 4.14. The quantitative estimate of drug-likeness (QED) is 0.812. The second kappa shape index (κ2) is 3.99. The van der Waals surface area contributed by atoms with Crippen LogP contribution in [-0.4, -0.2) is 0 Å². The van der Waals surface area contributed by atoms with E-state index in [1.165, 1.54) is 22.5 Å². The Kier molecular flexibility index (Phi) is 2.67. The highest BCUT2D eigenvalue weighted by Gasteiger charge is 2.08. The van der Waals surface area contributed by atoms with Gasteiger partial charge in [0.05, 0.1) is 5.69 Å². The highest BCUT2D eigenvalue weighted by molar-refractivity contribution is 7.16. The fraction of sp³-hybridized carbons (Fsp3) is 0.154. The molecule has 0 saturated carbocycles. The van der Waals surface area contributed by atoms with E-state index in [1.54, 1.807) is 0 Å². The molecule has 2 N–H and O–H groups in total. The molecule has 0 spiro atoms. The van der Waals surface area contributed by atoms with Crippen LogP contribution in [0.3, 0.4) is 0 Å². The second-order valence-corrected chi connectivity index (χ2v) is 4.94. The summed E-state index contributed by atoms with van der Waals surface area (Å²) in [5, 5.41) is 8.87. The highest BCUT2D eigenvalue weighted by atomic mass is 32.1. The summed E-state index contributed by atoms with van der Waals surface area (Å²) >= 11 is 1.44. The molecule has 2 nitrogen and oxygen atoms in total. The molecule has 0 amide bonds. The SMILES string of the molecule is Cc1cc(C)cc(-c2cc(N)c(C#N)s2)c1. The zero-order valence-electron chi connectivity index (χ0n) is 9.24. The first-order valence-corrected chi connectivity index (χ1v) is 5.80. The second-order valence-electron chi connectivity index (χ2n) is 3.88. The lowest BCUT2D eigenvalue weighted by molar-refractivity contribution is 1.39.